The highest BCUT2D eigenvalue weighted by Gasteiger charge is 2.24. The van der Waals surface area contributed by atoms with E-state index >= 15 is 0 Å². The normalized spacial score (nSPS) is 12.2. The number of sulfonamides is 1. The predicted octanol–water partition coefficient (Wildman–Crippen LogP) is 0.155. The van der Waals surface area contributed by atoms with Crippen molar-refractivity contribution in [2.45, 2.75) is 19.4 Å². The number of phenols is 2. The van der Waals surface area contributed by atoms with Crippen molar-refractivity contribution in [2.75, 3.05) is 12.8 Å². The van der Waals surface area contributed by atoms with Crippen LogP contribution < -0.4 is 10.0 Å². The zero-order valence-corrected chi connectivity index (χ0v) is 12.3. The van der Waals surface area contributed by atoms with E-state index in [4.69, 9.17) is 0 Å². The van der Waals surface area contributed by atoms with Gasteiger partial charge in [0.25, 0.3) is 5.91 Å². The molecule has 0 aliphatic heterocycles. The van der Waals surface area contributed by atoms with E-state index in [0.29, 0.717) is 0 Å². The molecule has 20 heavy (non-hydrogen) atoms. The molecule has 0 fully saturated rings. The molecular formula is C12H18N2O5S. The second kappa shape index (κ2) is 5.68. The number of hydrogen-bond acceptors (Lipinski definition) is 5. The van der Waals surface area contributed by atoms with Crippen molar-refractivity contribution in [1.29, 1.82) is 0 Å². The number of aromatic hydroxyl groups is 2. The van der Waals surface area contributed by atoms with Crippen molar-refractivity contribution in [3.63, 3.8) is 0 Å². The number of benzene rings is 1. The first-order chi connectivity index (χ1) is 9.02. The third-order valence-electron chi connectivity index (χ3n) is 2.40. The highest BCUT2D eigenvalue weighted by molar-refractivity contribution is 7.88. The second-order valence-corrected chi connectivity index (χ2v) is 6.86. The summed E-state index contributed by atoms with van der Waals surface area (Å²) >= 11 is 0. The average Bonchev–Trinajstić information content (AvgIpc) is 2.23. The van der Waals surface area contributed by atoms with Crippen LogP contribution in [0.3, 0.4) is 0 Å². The summed E-state index contributed by atoms with van der Waals surface area (Å²) in [5.74, 6) is -1.39. The molecule has 8 heteroatoms. The Labute approximate surface area is 117 Å². The first-order valence-corrected chi connectivity index (χ1v) is 7.69. The van der Waals surface area contributed by atoms with E-state index < -0.39 is 21.5 Å². The van der Waals surface area contributed by atoms with Crippen LogP contribution in [0.15, 0.2) is 18.2 Å². The number of phenolic OH excluding ortho intramolecular Hbond substituents is 2. The van der Waals surface area contributed by atoms with Gasteiger partial charge in [-0.2, -0.15) is 0 Å². The summed E-state index contributed by atoms with van der Waals surface area (Å²) in [4.78, 5) is 11.9. The van der Waals surface area contributed by atoms with E-state index in [0.717, 1.165) is 6.26 Å². The first kappa shape index (κ1) is 16.3. The molecule has 0 aromatic heterocycles. The highest BCUT2D eigenvalue weighted by atomic mass is 32.2. The molecule has 0 unspecified atom stereocenters. The summed E-state index contributed by atoms with van der Waals surface area (Å²) in [5, 5.41) is 21.5. The Morgan fingerprint density at radius 1 is 1.25 bits per heavy atom. The van der Waals surface area contributed by atoms with Crippen molar-refractivity contribution in [2.24, 2.45) is 0 Å². The van der Waals surface area contributed by atoms with Gasteiger partial charge in [0.15, 0.2) is 0 Å². The Balaban J connectivity index is 2.78. The number of hydrogen-bond donors (Lipinski definition) is 4. The lowest BCUT2D eigenvalue weighted by atomic mass is 10.1. The van der Waals surface area contributed by atoms with Gasteiger partial charge in [-0.05, 0) is 26.0 Å². The molecule has 1 aromatic carbocycles. The van der Waals surface area contributed by atoms with E-state index in [2.05, 4.69) is 10.0 Å². The van der Waals surface area contributed by atoms with Crippen molar-refractivity contribution in [3.05, 3.63) is 23.8 Å². The molecule has 7 nitrogen and oxygen atoms in total. The maximum atomic E-state index is 11.9. The fourth-order valence-electron chi connectivity index (χ4n) is 1.69. The summed E-state index contributed by atoms with van der Waals surface area (Å²) in [6.45, 7) is 3.19. The van der Waals surface area contributed by atoms with E-state index in [1.54, 1.807) is 13.8 Å². The number of nitrogens with one attached hydrogen (secondary N) is 2. The molecule has 0 radical (unpaired) electrons. The van der Waals surface area contributed by atoms with E-state index in [-0.39, 0.29) is 23.6 Å². The number of carbonyl (C=O) groups is 1. The molecule has 1 aromatic rings. The molecule has 0 heterocycles. The van der Waals surface area contributed by atoms with Crippen molar-refractivity contribution >= 4 is 15.9 Å². The molecular weight excluding hydrogens is 284 g/mol. The lowest BCUT2D eigenvalue weighted by Crippen LogP contribution is -2.51. The Morgan fingerprint density at radius 2 is 1.75 bits per heavy atom. The second-order valence-electron chi connectivity index (χ2n) is 5.11. The topological polar surface area (TPSA) is 116 Å². The third kappa shape index (κ3) is 4.71. The first-order valence-electron chi connectivity index (χ1n) is 5.80. The molecule has 0 aliphatic carbocycles. The summed E-state index contributed by atoms with van der Waals surface area (Å²) in [5.41, 5.74) is -1.15. The maximum Gasteiger partial charge on any atom is 0.258 e. The molecule has 112 valence electrons. The molecule has 0 atom stereocenters. The van der Waals surface area contributed by atoms with Crippen LogP contribution in [0.2, 0.25) is 0 Å². The van der Waals surface area contributed by atoms with E-state index in [9.17, 15) is 23.4 Å². The maximum absolute atomic E-state index is 11.9. The summed E-state index contributed by atoms with van der Waals surface area (Å²) in [6.07, 6.45) is 1.02. The summed E-state index contributed by atoms with van der Waals surface area (Å²) < 4.78 is 24.7. The van der Waals surface area contributed by atoms with Gasteiger partial charge in [0.2, 0.25) is 10.0 Å². The third-order valence-corrected chi connectivity index (χ3v) is 3.32. The van der Waals surface area contributed by atoms with Gasteiger partial charge in [0.05, 0.1) is 6.26 Å². The Hall–Kier alpha value is -1.80. The van der Waals surface area contributed by atoms with Crippen molar-refractivity contribution in [3.8, 4) is 11.5 Å². The number of carbonyl (C=O) groups excluding carboxylic acids is 1. The summed E-state index contributed by atoms with van der Waals surface area (Å²) in [7, 11) is -3.41. The highest BCUT2D eigenvalue weighted by Crippen LogP contribution is 2.25. The van der Waals surface area contributed by atoms with Crippen LogP contribution in [0.25, 0.3) is 0 Å². The number of rotatable bonds is 5. The Kier molecular flexibility index (Phi) is 4.61. The lowest BCUT2D eigenvalue weighted by molar-refractivity contribution is 0.0939. The minimum atomic E-state index is -3.41. The molecule has 0 saturated heterocycles. The average molecular weight is 302 g/mol. The fraction of sp³-hybridized carbons (Fsp3) is 0.417. The molecule has 1 amide bonds. The standard InChI is InChI=1S/C12H18N2O5S/c1-12(2,14-20(3,18)19)7-13-11(17)10-8(15)5-4-6-9(10)16/h4-6,14-16H,7H2,1-3H3,(H,13,17). The van der Waals surface area contributed by atoms with Gasteiger partial charge in [-0.15, -0.1) is 0 Å². The molecule has 4 N–H and O–H groups in total. The molecule has 0 spiro atoms. The minimum Gasteiger partial charge on any atom is -0.507 e. The van der Waals surface area contributed by atoms with E-state index in [1.807, 2.05) is 0 Å². The Morgan fingerprint density at radius 3 is 2.20 bits per heavy atom. The van der Waals surface area contributed by atoms with Crippen molar-refractivity contribution < 1.29 is 23.4 Å². The SMILES string of the molecule is CC(C)(CNC(=O)c1c(O)cccc1O)NS(C)(=O)=O. The summed E-state index contributed by atoms with van der Waals surface area (Å²) in [6, 6.07) is 3.94. The van der Waals surface area contributed by atoms with Crippen LogP contribution in [0.4, 0.5) is 0 Å². The zero-order chi connectivity index (χ0) is 15.6. The number of amides is 1. The van der Waals surface area contributed by atoms with Crippen molar-refractivity contribution in [1.82, 2.24) is 10.0 Å². The van der Waals surface area contributed by atoms with Gasteiger partial charge in [0, 0.05) is 12.1 Å². The Bertz CT molecular complexity index is 590. The monoisotopic (exact) mass is 302 g/mol. The fourth-order valence-corrected chi connectivity index (χ4v) is 2.76. The predicted molar refractivity (Wildman–Crippen MR) is 74.2 cm³/mol. The van der Waals surface area contributed by atoms with Gasteiger partial charge in [-0.25, -0.2) is 13.1 Å². The molecule has 0 aliphatic rings. The smallest absolute Gasteiger partial charge is 0.258 e. The van der Waals surface area contributed by atoms with E-state index in [1.165, 1.54) is 18.2 Å². The molecule has 1 rings (SSSR count). The van der Waals surface area contributed by atoms with Crippen LogP contribution in [0, 0.1) is 0 Å². The van der Waals surface area contributed by atoms with Crippen LogP contribution in [0.1, 0.15) is 24.2 Å². The zero-order valence-electron chi connectivity index (χ0n) is 11.5. The van der Waals surface area contributed by atoms with Crippen LogP contribution in [0.5, 0.6) is 11.5 Å². The van der Waals surface area contributed by atoms with Crippen LogP contribution >= 0.6 is 0 Å². The molecule has 0 bridgehead atoms. The van der Waals surface area contributed by atoms with Gasteiger partial charge >= 0.3 is 0 Å². The van der Waals surface area contributed by atoms with Gasteiger partial charge in [0.1, 0.15) is 17.1 Å². The van der Waals surface area contributed by atoms with Gasteiger partial charge in [-0.1, -0.05) is 6.07 Å². The molecule has 0 saturated carbocycles. The lowest BCUT2D eigenvalue weighted by Gasteiger charge is -2.25. The van der Waals surface area contributed by atoms with Crippen LogP contribution in [-0.4, -0.2) is 42.9 Å². The quantitative estimate of drug-likeness (QED) is 0.618. The largest absolute Gasteiger partial charge is 0.507 e. The van der Waals surface area contributed by atoms with Gasteiger partial charge in [-0.3, -0.25) is 4.79 Å². The van der Waals surface area contributed by atoms with Gasteiger partial charge < -0.3 is 15.5 Å². The van der Waals surface area contributed by atoms with Crippen LogP contribution in [-0.2, 0) is 10.0 Å². The minimum absolute atomic E-state index is 0.00726.